The topological polar surface area (TPSA) is 90.0 Å². The van der Waals surface area contributed by atoms with Gasteiger partial charge in [0, 0.05) is 61.3 Å². The van der Waals surface area contributed by atoms with Gasteiger partial charge in [-0.15, -0.1) is 0 Å². The summed E-state index contributed by atoms with van der Waals surface area (Å²) in [5.74, 6) is 1.14. The maximum atomic E-state index is 13.0. The molecule has 3 aromatic heterocycles. The fourth-order valence-electron chi connectivity index (χ4n) is 4.33. The minimum Gasteiger partial charge on any atom is -0.354 e. The Kier molecular flexibility index (Phi) is 5.87. The predicted octanol–water partition coefficient (Wildman–Crippen LogP) is -0.0952. The van der Waals surface area contributed by atoms with Gasteiger partial charge in [0.2, 0.25) is 0 Å². The molecule has 0 radical (unpaired) electrons. The second-order valence-electron chi connectivity index (χ2n) is 9.62. The summed E-state index contributed by atoms with van der Waals surface area (Å²) in [5, 5.41) is 12.0. The number of fused-ring (bicyclic) bond motifs is 1. The molecule has 4 heterocycles. The average molecular weight is 449 g/mol. The normalized spacial score (nSPS) is 14.9. The van der Waals surface area contributed by atoms with E-state index in [2.05, 4.69) is 64.9 Å². The number of anilines is 2. The largest absolute Gasteiger partial charge is 0.354 e. The van der Waals surface area contributed by atoms with Crippen molar-refractivity contribution in [3.05, 3.63) is 66.7 Å². The third kappa shape index (κ3) is 4.70. The maximum Gasteiger partial charge on any atom is 0.257 e. The number of rotatable bonds is 5. The molecule has 1 aliphatic heterocycles. The number of benzene rings is 1. The highest BCUT2D eigenvalue weighted by atomic mass is 16.1. The van der Waals surface area contributed by atoms with Crippen molar-refractivity contribution in [1.82, 2.24) is 25.1 Å². The van der Waals surface area contributed by atoms with Crippen LogP contribution < -0.4 is 10.2 Å². The Morgan fingerprint density at radius 3 is 2.50 bits per heavy atom. The van der Waals surface area contributed by atoms with Crippen LogP contribution in [0.15, 0.2) is 61.2 Å². The molecule has 8 nitrogen and oxygen atoms in total. The fourth-order valence-corrected chi connectivity index (χ4v) is 4.33. The zero-order valence-corrected chi connectivity index (χ0v) is 19.7. The molecule has 11 heteroatoms. The van der Waals surface area contributed by atoms with E-state index in [4.69, 9.17) is 0 Å². The maximum absolute atomic E-state index is 13.0. The number of hydrogen-bond donors (Lipinski definition) is 2. The third-order valence-electron chi connectivity index (χ3n) is 6.35. The van der Waals surface area contributed by atoms with Crippen LogP contribution in [0.25, 0.3) is 21.9 Å². The van der Waals surface area contributed by atoms with Gasteiger partial charge in [0.15, 0.2) is 0 Å². The summed E-state index contributed by atoms with van der Waals surface area (Å²) in [4.78, 5) is 26.7. The van der Waals surface area contributed by atoms with Gasteiger partial charge in [0.25, 0.3) is 5.91 Å². The molecule has 4 aromatic rings. The Morgan fingerprint density at radius 2 is 1.76 bits per heavy atom. The molecule has 5 rings (SSSR count). The van der Waals surface area contributed by atoms with Crippen molar-refractivity contribution in [2.75, 3.05) is 36.4 Å². The smallest absolute Gasteiger partial charge is 0.257 e. The molecular formula is C23H26B3N7O. The molecule has 0 aliphatic carbocycles. The highest BCUT2D eigenvalue weighted by Crippen LogP contribution is 2.25. The van der Waals surface area contributed by atoms with Crippen molar-refractivity contribution in [3.63, 3.8) is 0 Å². The van der Waals surface area contributed by atoms with Crippen molar-refractivity contribution in [1.29, 1.82) is 0 Å². The molecule has 1 saturated heterocycles. The first-order valence-electron chi connectivity index (χ1n) is 11.5. The average Bonchev–Trinajstić information content (AvgIpc) is 3.38. The molecule has 1 aromatic carbocycles. The van der Waals surface area contributed by atoms with Gasteiger partial charge in [-0.1, -0.05) is 17.4 Å². The van der Waals surface area contributed by atoms with Crippen molar-refractivity contribution in [3.8, 4) is 11.1 Å². The molecule has 0 saturated carbocycles. The number of H-pyrrole nitrogens is 1. The molecular weight excluding hydrogens is 423 g/mol. The van der Waals surface area contributed by atoms with Gasteiger partial charge in [-0.3, -0.25) is 9.89 Å². The molecule has 0 spiro atoms. The van der Waals surface area contributed by atoms with Crippen LogP contribution in [0.5, 0.6) is 0 Å². The summed E-state index contributed by atoms with van der Waals surface area (Å²) < 4.78 is 0. The molecule has 2 N–H and O–H groups in total. The summed E-state index contributed by atoms with van der Waals surface area (Å²) in [6, 6.07) is 11.6. The summed E-state index contributed by atoms with van der Waals surface area (Å²) in [7, 11) is 6.72. The number of carbonyl (C=O) groups is 1. The Balaban J connectivity index is 1.31. The summed E-state index contributed by atoms with van der Waals surface area (Å²) >= 11 is 0. The number of nitrogens with zero attached hydrogens (tertiary/aromatic N) is 5. The SMILES string of the molecule is BC(B)(B)N1CCN(c2cc(C(=O)Nc3cc4cc(-c5cn[nH]c5)ccc4cn3)ccn2)CC1. The highest BCUT2D eigenvalue weighted by molar-refractivity contribution is 6.59. The highest BCUT2D eigenvalue weighted by Gasteiger charge is 2.26. The van der Waals surface area contributed by atoms with E-state index in [1.165, 1.54) is 0 Å². The number of pyridine rings is 2. The van der Waals surface area contributed by atoms with E-state index in [1.807, 2.05) is 30.5 Å². The summed E-state index contributed by atoms with van der Waals surface area (Å²) in [6.07, 6.45) is 7.12. The standard InChI is InChI=1S/C23H26B3N7O/c24-23(25,26)33-7-5-32(6-8-33)21-11-16(3-4-27-21)22(34)31-20-10-18-9-15(19-13-29-30-14-19)1-2-17(18)12-28-20/h1-4,9-14H,5-8,24-26H2,(H,29,30)(H,28,31,34). The summed E-state index contributed by atoms with van der Waals surface area (Å²) in [5.41, 5.74) is 2.63. The fraction of sp³-hybridized carbons (Fsp3) is 0.217. The predicted molar refractivity (Wildman–Crippen MR) is 144 cm³/mol. The van der Waals surface area contributed by atoms with Gasteiger partial charge in [-0.25, -0.2) is 9.97 Å². The van der Waals surface area contributed by atoms with Crippen LogP contribution in [0.3, 0.4) is 0 Å². The Bertz CT molecular complexity index is 1320. The van der Waals surface area contributed by atoms with Gasteiger partial charge in [0.05, 0.1) is 6.20 Å². The van der Waals surface area contributed by atoms with Crippen LogP contribution in [0.2, 0.25) is 0 Å². The molecule has 0 atom stereocenters. The molecule has 0 unspecified atom stereocenters. The molecule has 0 bridgehead atoms. The lowest BCUT2D eigenvalue weighted by Gasteiger charge is -2.43. The molecule has 168 valence electrons. The van der Waals surface area contributed by atoms with E-state index in [0.717, 1.165) is 53.9 Å². The van der Waals surface area contributed by atoms with Crippen molar-refractivity contribution < 1.29 is 4.79 Å². The first-order valence-corrected chi connectivity index (χ1v) is 11.5. The van der Waals surface area contributed by atoms with Gasteiger partial charge < -0.3 is 15.1 Å². The lowest BCUT2D eigenvalue weighted by molar-refractivity contribution is 0.102. The Labute approximate surface area is 201 Å². The Morgan fingerprint density at radius 1 is 0.941 bits per heavy atom. The first kappa shape index (κ1) is 22.2. The van der Waals surface area contributed by atoms with Crippen LogP contribution >= 0.6 is 0 Å². The minimum atomic E-state index is -0.199. The van der Waals surface area contributed by atoms with E-state index in [1.54, 1.807) is 24.7 Å². The van der Waals surface area contributed by atoms with Crippen LogP contribution in [-0.4, -0.2) is 85.9 Å². The van der Waals surface area contributed by atoms with Crippen LogP contribution in [0, 0.1) is 0 Å². The van der Waals surface area contributed by atoms with Crippen LogP contribution in [0.1, 0.15) is 10.4 Å². The molecule has 1 fully saturated rings. The monoisotopic (exact) mass is 449 g/mol. The molecule has 1 amide bonds. The first-order chi connectivity index (χ1) is 16.4. The molecule has 34 heavy (non-hydrogen) atoms. The molecule has 1 aliphatic rings. The van der Waals surface area contributed by atoms with E-state index < -0.39 is 0 Å². The number of piperazine rings is 1. The van der Waals surface area contributed by atoms with Crippen LogP contribution in [-0.2, 0) is 0 Å². The quantitative estimate of drug-likeness (QED) is 0.415. The van der Waals surface area contributed by atoms with E-state index in [9.17, 15) is 4.79 Å². The lowest BCUT2D eigenvalue weighted by atomic mass is 9.48. The summed E-state index contributed by atoms with van der Waals surface area (Å²) in [6.45, 7) is 3.73. The Hall–Kier alpha value is -3.59. The zero-order valence-electron chi connectivity index (χ0n) is 19.7. The number of aromatic amines is 1. The van der Waals surface area contributed by atoms with Gasteiger partial charge in [0.1, 0.15) is 35.2 Å². The van der Waals surface area contributed by atoms with E-state index in [-0.39, 0.29) is 11.1 Å². The van der Waals surface area contributed by atoms with Crippen molar-refractivity contribution in [2.45, 2.75) is 5.24 Å². The number of carbonyl (C=O) groups excluding carboxylic acids is 1. The van der Waals surface area contributed by atoms with Crippen molar-refractivity contribution in [2.24, 2.45) is 0 Å². The van der Waals surface area contributed by atoms with Gasteiger partial charge in [-0.05, 0) is 35.2 Å². The lowest BCUT2D eigenvalue weighted by Crippen LogP contribution is -2.58. The van der Waals surface area contributed by atoms with Crippen LogP contribution in [0.4, 0.5) is 11.6 Å². The number of nitrogens with one attached hydrogen (secondary N) is 2. The van der Waals surface area contributed by atoms with E-state index >= 15 is 0 Å². The van der Waals surface area contributed by atoms with Crippen molar-refractivity contribution >= 4 is 51.9 Å². The minimum absolute atomic E-state index is 0.160. The number of amides is 1. The number of hydrogen-bond acceptors (Lipinski definition) is 6. The van der Waals surface area contributed by atoms with Gasteiger partial charge in [-0.2, -0.15) is 5.10 Å². The second kappa shape index (κ2) is 8.98. The number of aromatic nitrogens is 4. The van der Waals surface area contributed by atoms with E-state index in [0.29, 0.717) is 11.4 Å². The third-order valence-corrected chi connectivity index (χ3v) is 6.35. The zero-order chi connectivity index (χ0) is 23.7. The van der Waals surface area contributed by atoms with Gasteiger partial charge >= 0.3 is 0 Å². The second-order valence-corrected chi connectivity index (χ2v) is 9.62.